The Hall–Kier alpha value is -1.23. The van der Waals surface area contributed by atoms with Crippen molar-refractivity contribution in [1.29, 1.82) is 0 Å². The summed E-state index contributed by atoms with van der Waals surface area (Å²) < 4.78 is 14.3. The minimum absolute atomic E-state index is 0.0592. The van der Waals surface area contributed by atoms with Crippen molar-refractivity contribution in [1.82, 2.24) is 5.43 Å². The van der Waals surface area contributed by atoms with E-state index in [1.54, 1.807) is 12.1 Å². The minimum atomic E-state index is -0.219. The second-order valence-corrected chi connectivity index (χ2v) is 5.37. The normalized spacial score (nSPS) is 12.4. The highest BCUT2D eigenvalue weighted by Gasteiger charge is 2.14. The first-order valence-electron chi connectivity index (χ1n) is 6.07. The lowest BCUT2D eigenvalue weighted by atomic mass is 9.96. The Morgan fingerprint density at radius 2 is 2.00 bits per heavy atom. The van der Waals surface area contributed by atoms with Crippen molar-refractivity contribution in [2.75, 3.05) is 0 Å². The van der Waals surface area contributed by atoms with E-state index >= 15 is 0 Å². The monoisotopic (exact) mass is 322 g/mol. The number of aryl methyl sites for hydroxylation is 1. The fourth-order valence-electron chi connectivity index (χ4n) is 2.10. The van der Waals surface area contributed by atoms with Crippen LogP contribution < -0.4 is 11.3 Å². The maximum atomic E-state index is 13.3. The highest BCUT2D eigenvalue weighted by Crippen LogP contribution is 2.26. The van der Waals surface area contributed by atoms with Gasteiger partial charge in [-0.1, -0.05) is 40.2 Å². The summed E-state index contributed by atoms with van der Waals surface area (Å²) in [4.78, 5) is 0. The molecule has 0 bridgehead atoms. The van der Waals surface area contributed by atoms with Gasteiger partial charge in [0.1, 0.15) is 5.82 Å². The summed E-state index contributed by atoms with van der Waals surface area (Å²) in [5, 5.41) is 0. The Kier molecular flexibility index (Phi) is 4.69. The average Bonchev–Trinajstić information content (AvgIpc) is 2.41. The van der Waals surface area contributed by atoms with E-state index in [1.807, 2.05) is 31.2 Å². The molecule has 2 aromatic carbocycles. The zero-order valence-corrected chi connectivity index (χ0v) is 12.2. The van der Waals surface area contributed by atoms with E-state index in [0.717, 1.165) is 21.2 Å². The Bertz CT molecular complexity index is 572. The molecule has 0 saturated heterocycles. The molecule has 4 heteroatoms. The predicted molar refractivity (Wildman–Crippen MR) is 79.0 cm³/mol. The molecule has 2 rings (SSSR count). The van der Waals surface area contributed by atoms with Gasteiger partial charge >= 0.3 is 0 Å². The highest BCUT2D eigenvalue weighted by atomic mass is 79.9. The van der Waals surface area contributed by atoms with Crippen LogP contribution in [-0.4, -0.2) is 0 Å². The summed E-state index contributed by atoms with van der Waals surface area (Å²) in [6.45, 7) is 1.97. The van der Waals surface area contributed by atoms with Gasteiger partial charge < -0.3 is 0 Å². The van der Waals surface area contributed by atoms with Crippen molar-refractivity contribution in [2.45, 2.75) is 19.4 Å². The van der Waals surface area contributed by atoms with Crippen molar-refractivity contribution < 1.29 is 4.39 Å². The lowest BCUT2D eigenvalue weighted by Gasteiger charge is -2.19. The van der Waals surface area contributed by atoms with E-state index in [4.69, 9.17) is 5.84 Å². The van der Waals surface area contributed by atoms with Gasteiger partial charge in [0, 0.05) is 4.47 Å². The second-order valence-electron chi connectivity index (χ2n) is 4.52. The number of hydrogen-bond donors (Lipinski definition) is 2. The first-order chi connectivity index (χ1) is 9.11. The number of halogens is 2. The van der Waals surface area contributed by atoms with Gasteiger partial charge in [0.05, 0.1) is 6.04 Å². The molecule has 100 valence electrons. The maximum absolute atomic E-state index is 13.3. The van der Waals surface area contributed by atoms with Crippen molar-refractivity contribution >= 4 is 15.9 Å². The van der Waals surface area contributed by atoms with E-state index < -0.39 is 0 Å². The molecular weight excluding hydrogens is 307 g/mol. The van der Waals surface area contributed by atoms with Crippen LogP contribution in [0.4, 0.5) is 4.39 Å². The third-order valence-electron chi connectivity index (χ3n) is 3.22. The number of rotatable bonds is 4. The molecule has 1 unspecified atom stereocenters. The first-order valence-corrected chi connectivity index (χ1v) is 6.86. The van der Waals surface area contributed by atoms with Gasteiger partial charge in [-0.05, 0) is 48.2 Å². The summed E-state index contributed by atoms with van der Waals surface area (Å²) in [7, 11) is 0. The van der Waals surface area contributed by atoms with Gasteiger partial charge in [-0.3, -0.25) is 11.3 Å². The smallest absolute Gasteiger partial charge is 0.123 e. The van der Waals surface area contributed by atoms with Crippen LogP contribution in [0.5, 0.6) is 0 Å². The van der Waals surface area contributed by atoms with Crippen LogP contribution in [0.3, 0.4) is 0 Å². The van der Waals surface area contributed by atoms with Crippen LogP contribution >= 0.6 is 15.9 Å². The quantitative estimate of drug-likeness (QED) is 0.666. The molecule has 19 heavy (non-hydrogen) atoms. The van der Waals surface area contributed by atoms with Crippen LogP contribution in [0.2, 0.25) is 0 Å². The molecule has 0 amide bonds. The molecule has 3 N–H and O–H groups in total. The molecular formula is C15H16BrFN2. The third kappa shape index (κ3) is 3.41. The predicted octanol–water partition coefficient (Wildman–Crippen LogP) is 3.64. The summed E-state index contributed by atoms with van der Waals surface area (Å²) in [6, 6.07) is 12.7. The van der Waals surface area contributed by atoms with Crippen LogP contribution in [-0.2, 0) is 6.42 Å². The van der Waals surface area contributed by atoms with Crippen LogP contribution in [0.1, 0.15) is 22.7 Å². The third-order valence-corrected chi connectivity index (χ3v) is 3.94. The molecule has 0 heterocycles. The lowest BCUT2D eigenvalue weighted by Crippen LogP contribution is -2.30. The standard InChI is InChI=1S/C15H16BrFN2/c1-10-6-7-12(17)8-11(10)9-15(19-18)13-4-2-3-5-14(13)16/h2-8,15,19H,9,18H2,1H3. The zero-order valence-electron chi connectivity index (χ0n) is 10.7. The van der Waals surface area contributed by atoms with Gasteiger partial charge in [-0.2, -0.15) is 0 Å². The average molecular weight is 323 g/mol. The summed E-state index contributed by atoms with van der Waals surface area (Å²) in [5.41, 5.74) is 5.89. The summed E-state index contributed by atoms with van der Waals surface area (Å²) in [6.07, 6.45) is 0.642. The Morgan fingerprint density at radius 3 is 2.68 bits per heavy atom. The minimum Gasteiger partial charge on any atom is -0.271 e. The van der Waals surface area contributed by atoms with Crippen molar-refractivity contribution in [3.63, 3.8) is 0 Å². The molecule has 0 aliphatic carbocycles. The number of benzene rings is 2. The lowest BCUT2D eigenvalue weighted by molar-refractivity contribution is 0.545. The van der Waals surface area contributed by atoms with Crippen molar-refractivity contribution in [3.05, 3.63) is 69.4 Å². The molecule has 1 atom stereocenters. The molecule has 0 spiro atoms. The van der Waals surface area contributed by atoms with Gasteiger partial charge in [-0.25, -0.2) is 4.39 Å². The van der Waals surface area contributed by atoms with E-state index in [9.17, 15) is 4.39 Å². The topological polar surface area (TPSA) is 38.0 Å². The molecule has 0 radical (unpaired) electrons. The number of hydrazine groups is 1. The van der Waals surface area contributed by atoms with E-state index in [1.165, 1.54) is 6.07 Å². The van der Waals surface area contributed by atoms with Gasteiger partial charge in [0.2, 0.25) is 0 Å². The van der Waals surface area contributed by atoms with Crippen LogP contribution in [0.25, 0.3) is 0 Å². The molecule has 0 fully saturated rings. The van der Waals surface area contributed by atoms with E-state index in [0.29, 0.717) is 6.42 Å². The molecule has 0 saturated carbocycles. The fraction of sp³-hybridized carbons (Fsp3) is 0.200. The molecule has 2 nitrogen and oxygen atoms in total. The van der Waals surface area contributed by atoms with Crippen molar-refractivity contribution in [2.24, 2.45) is 5.84 Å². The number of hydrogen-bond acceptors (Lipinski definition) is 2. The molecule has 0 aromatic heterocycles. The molecule has 0 aliphatic rings. The Morgan fingerprint density at radius 1 is 1.26 bits per heavy atom. The maximum Gasteiger partial charge on any atom is 0.123 e. The Labute approximate surface area is 120 Å². The summed E-state index contributed by atoms with van der Waals surface area (Å²) in [5.74, 6) is 5.43. The molecule has 0 aliphatic heterocycles. The fourth-order valence-corrected chi connectivity index (χ4v) is 2.66. The molecule has 2 aromatic rings. The first kappa shape index (κ1) is 14.2. The summed E-state index contributed by atoms with van der Waals surface area (Å²) >= 11 is 3.51. The van der Waals surface area contributed by atoms with Gasteiger partial charge in [-0.15, -0.1) is 0 Å². The van der Waals surface area contributed by atoms with E-state index in [-0.39, 0.29) is 11.9 Å². The van der Waals surface area contributed by atoms with Gasteiger partial charge in [0.15, 0.2) is 0 Å². The van der Waals surface area contributed by atoms with Gasteiger partial charge in [0.25, 0.3) is 0 Å². The Balaban J connectivity index is 2.29. The SMILES string of the molecule is Cc1ccc(F)cc1CC(NN)c1ccccc1Br. The van der Waals surface area contributed by atoms with Crippen LogP contribution in [0.15, 0.2) is 46.9 Å². The van der Waals surface area contributed by atoms with Crippen molar-refractivity contribution in [3.8, 4) is 0 Å². The zero-order chi connectivity index (χ0) is 13.8. The highest BCUT2D eigenvalue weighted by molar-refractivity contribution is 9.10. The largest absolute Gasteiger partial charge is 0.271 e. The number of nitrogens with two attached hydrogens (primary N) is 1. The van der Waals surface area contributed by atoms with Crippen LogP contribution in [0, 0.1) is 12.7 Å². The second kappa shape index (κ2) is 6.28. The van der Waals surface area contributed by atoms with E-state index in [2.05, 4.69) is 21.4 Å². The number of nitrogens with one attached hydrogen (secondary N) is 1.